The van der Waals surface area contributed by atoms with Crippen molar-refractivity contribution in [3.63, 3.8) is 0 Å². The van der Waals surface area contributed by atoms with Gasteiger partial charge in [0.1, 0.15) is 5.92 Å². The zero-order chi connectivity index (χ0) is 15.8. The van der Waals surface area contributed by atoms with Gasteiger partial charge in [0.2, 0.25) is 0 Å². The highest BCUT2D eigenvalue weighted by molar-refractivity contribution is 5.77. The van der Waals surface area contributed by atoms with Crippen LogP contribution in [0.3, 0.4) is 0 Å². The van der Waals surface area contributed by atoms with Gasteiger partial charge >= 0.3 is 12.0 Å². The molecule has 3 unspecified atom stereocenters. The molecule has 21 heavy (non-hydrogen) atoms. The van der Waals surface area contributed by atoms with Crippen LogP contribution in [-0.4, -0.2) is 53.8 Å². The fraction of sp³-hybridized carbons (Fsp3) is 0.733. The van der Waals surface area contributed by atoms with Crippen molar-refractivity contribution in [3.8, 4) is 12.3 Å². The molecule has 2 amide bonds. The second kappa shape index (κ2) is 8.53. The minimum Gasteiger partial charge on any atom is -0.481 e. The number of hydrogen-bond donors (Lipinski definition) is 2. The largest absolute Gasteiger partial charge is 0.481 e. The summed E-state index contributed by atoms with van der Waals surface area (Å²) >= 11 is 0. The van der Waals surface area contributed by atoms with Gasteiger partial charge in [0, 0.05) is 6.54 Å². The number of carbonyl (C=O) groups excluding carboxylic acids is 1. The van der Waals surface area contributed by atoms with Crippen LogP contribution >= 0.6 is 0 Å². The van der Waals surface area contributed by atoms with Crippen LogP contribution in [0.4, 0.5) is 4.79 Å². The molecule has 1 aliphatic rings. The normalized spacial score (nSPS) is 22.3. The Labute approximate surface area is 125 Å². The molecule has 1 fully saturated rings. The second-order valence-corrected chi connectivity index (χ2v) is 5.20. The van der Waals surface area contributed by atoms with E-state index in [9.17, 15) is 14.7 Å². The molecular weight excluding hydrogens is 272 g/mol. The monoisotopic (exact) mass is 296 g/mol. The first-order valence-electron chi connectivity index (χ1n) is 7.38. The Bertz CT molecular complexity index is 405. The van der Waals surface area contributed by atoms with E-state index in [0.717, 1.165) is 12.8 Å². The van der Waals surface area contributed by atoms with Gasteiger partial charge < -0.3 is 20.1 Å². The van der Waals surface area contributed by atoms with Crippen LogP contribution in [0, 0.1) is 18.3 Å². The summed E-state index contributed by atoms with van der Waals surface area (Å²) in [5.74, 6) is 0.930. The van der Waals surface area contributed by atoms with Gasteiger partial charge in [-0.3, -0.25) is 4.79 Å². The first kappa shape index (κ1) is 17.3. The van der Waals surface area contributed by atoms with E-state index in [1.165, 1.54) is 0 Å². The van der Waals surface area contributed by atoms with Crippen LogP contribution in [-0.2, 0) is 9.53 Å². The number of rotatable bonds is 7. The van der Waals surface area contributed by atoms with Crippen LogP contribution in [0.5, 0.6) is 0 Å². The van der Waals surface area contributed by atoms with E-state index < -0.39 is 17.9 Å². The molecule has 6 nitrogen and oxygen atoms in total. The summed E-state index contributed by atoms with van der Waals surface area (Å²) in [5.41, 5.74) is 0. The maximum atomic E-state index is 12.4. The smallest absolute Gasteiger partial charge is 0.318 e. The molecule has 6 heteroatoms. The zero-order valence-electron chi connectivity index (χ0n) is 12.7. The number of nitrogens with zero attached hydrogens (tertiary/aromatic N) is 1. The minimum absolute atomic E-state index is 0.140. The topological polar surface area (TPSA) is 78.9 Å². The third-order valence-electron chi connectivity index (χ3n) is 3.57. The van der Waals surface area contributed by atoms with Gasteiger partial charge in [-0.2, -0.15) is 0 Å². The number of carbonyl (C=O) groups is 2. The van der Waals surface area contributed by atoms with Gasteiger partial charge in [-0.1, -0.05) is 26.2 Å². The molecule has 3 atom stereocenters. The highest BCUT2D eigenvalue weighted by Gasteiger charge is 2.40. The lowest BCUT2D eigenvalue weighted by Gasteiger charge is -2.31. The number of nitrogens with one attached hydrogen (secondary N) is 1. The molecule has 0 aliphatic carbocycles. The number of amides is 2. The fourth-order valence-corrected chi connectivity index (χ4v) is 2.46. The summed E-state index contributed by atoms with van der Waals surface area (Å²) in [6.07, 6.45) is 7.72. The quantitative estimate of drug-likeness (QED) is 0.694. The number of ether oxygens (including phenoxy) is 1. The van der Waals surface area contributed by atoms with Crippen molar-refractivity contribution in [1.29, 1.82) is 0 Å². The van der Waals surface area contributed by atoms with Gasteiger partial charge in [0.05, 0.1) is 25.3 Å². The van der Waals surface area contributed by atoms with Gasteiger partial charge in [-0.05, 0) is 12.8 Å². The third-order valence-corrected chi connectivity index (χ3v) is 3.57. The maximum Gasteiger partial charge on any atom is 0.318 e. The second-order valence-electron chi connectivity index (χ2n) is 5.20. The maximum absolute atomic E-state index is 12.4. The first-order valence-corrected chi connectivity index (χ1v) is 7.38. The summed E-state index contributed by atoms with van der Waals surface area (Å²) in [6.45, 7) is 4.80. The molecular formula is C15H24N2O4. The molecule has 0 spiro atoms. The molecule has 1 aliphatic heterocycles. The Balaban J connectivity index is 2.78. The summed E-state index contributed by atoms with van der Waals surface area (Å²) in [5, 5.41) is 12.0. The van der Waals surface area contributed by atoms with E-state index in [1.807, 2.05) is 13.8 Å². The van der Waals surface area contributed by atoms with Crippen LogP contribution in [0.25, 0.3) is 0 Å². The number of aliphatic carboxylic acids is 1. The Hall–Kier alpha value is -1.74. The van der Waals surface area contributed by atoms with E-state index >= 15 is 0 Å². The lowest BCUT2D eigenvalue weighted by Crippen LogP contribution is -2.52. The lowest BCUT2D eigenvalue weighted by molar-refractivity contribution is -0.142. The van der Waals surface area contributed by atoms with Crippen LogP contribution in [0.2, 0.25) is 0 Å². The Morgan fingerprint density at radius 2 is 2.14 bits per heavy atom. The number of urea groups is 1. The van der Waals surface area contributed by atoms with E-state index in [4.69, 9.17) is 11.2 Å². The SMILES string of the molecule is C#CC(CCC)NC(=O)N(CCC)C1COCC1C(=O)O. The fourth-order valence-electron chi connectivity index (χ4n) is 2.46. The molecule has 0 bridgehead atoms. The van der Waals surface area contributed by atoms with Gasteiger partial charge in [0.15, 0.2) is 0 Å². The summed E-state index contributed by atoms with van der Waals surface area (Å²) in [4.78, 5) is 25.2. The molecule has 0 aromatic carbocycles. The van der Waals surface area contributed by atoms with Crippen LogP contribution in [0.15, 0.2) is 0 Å². The Morgan fingerprint density at radius 1 is 1.43 bits per heavy atom. The molecule has 1 rings (SSSR count). The zero-order valence-corrected chi connectivity index (χ0v) is 12.7. The molecule has 0 radical (unpaired) electrons. The van der Waals surface area contributed by atoms with E-state index in [1.54, 1.807) is 4.90 Å². The number of hydrogen-bond acceptors (Lipinski definition) is 3. The average Bonchev–Trinajstić information content (AvgIpc) is 2.93. The lowest BCUT2D eigenvalue weighted by atomic mass is 10.0. The minimum atomic E-state index is -0.937. The molecule has 0 aromatic heterocycles. The number of carboxylic acids is 1. The van der Waals surface area contributed by atoms with Crippen molar-refractivity contribution in [2.45, 2.75) is 45.2 Å². The summed E-state index contributed by atoms with van der Waals surface area (Å²) in [7, 11) is 0. The molecule has 0 aromatic rings. The number of carboxylic acid groups (broad SMARTS) is 1. The highest BCUT2D eigenvalue weighted by atomic mass is 16.5. The Kier molecular flexibility index (Phi) is 7.03. The summed E-state index contributed by atoms with van der Waals surface area (Å²) in [6, 6.07) is -1.08. The predicted octanol–water partition coefficient (Wildman–Crippen LogP) is 1.31. The third kappa shape index (κ3) is 4.64. The van der Waals surface area contributed by atoms with Crippen LogP contribution < -0.4 is 5.32 Å². The van der Waals surface area contributed by atoms with Gasteiger partial charge in [-0.15, -0.1) is 6.42 Å². The molecule has 118 valence electrons. The standard InChI is InChI=1S/C15H24N2O4/c1-4-7-11(6-3)16-15(20)17(8-5-2)13-10-21-9-12(13)14(18)19/h3,11-13H,4-5,7-10H2,1-2H3,(H,16,20)(H,18,19). The van der Waals surface area contributed by atoms with E-state index in [0.29, 0.717) is 13.0 Å². The van der Waals surface area contributed by atoms with Crippen molar-refractivity contribution in [1.82, 2.24) is 10.2 Å². The average molecular weight is 296 g/mol. The van der Waals surface area contributed by atoms with Crippen molar-refractivity contribution in [3.05, 3.63) is 0 Å². The first-order chi connectivity index (χ1) is 10.0. The highest BCUT2D eigenvalue weighted by Crippen LogP contribution is 2.20. The summed E-state index contributed by atoms with van der Waals surface area (Å²) < 4.78 is 5.24. The predicted molar refractivity (Wildman–Crippen MR) is 78.8 cm³/mol. The molecule has 1 saturated heterocycles. The van der Waals surface area contributed by atoms with Crippen molar-refractivity contribution >= 4 is 12.0 Å². The number of terminal acetylenes is 1. The van der Waals surface area contributed by atoms with Crippen molar-refractivity contribution < 1.29 is 19.4 Å². The van der Waals surface area contributed by atoms with E-state index in [-0.39, 0.29) is 25.3 Å². The van der Waals surface area contributed by atoms with Crippen molar-refractivity contribution in [2.24, 2.45) is 5.92 Å². The molecule has 1 heterocycles. The van der Waals surface area contributed by atoms with E-state index in [2.05, 4.69) is 11.2 Å². The Morgan fingerprint density at radius 3 is 2.67 bits per heavy atom. The van der Waals surface area contributed by atoms with Gasteiger partial charge in [0.25, 0.3) is 0 Å². The van der Waals surface area contributed by atoms with Gasteiger partial charge in [-0.25, -0.2) is 4.79 Å². The van der Waals surface area contributed by atoms with Crippen LogP contribution in [0.1, 0.15) is 33.1 Å². The molecule has 0 saturated carbocycles. The van der Waals surface area contributed by atoms with Crippen molar-refractivity contribution in [2.75, 3.05) is 19.8 Å². The molecule has 2 N–H and O–H groups in total.